The lowest BCUT2D eigenvalue weighted by molar-refractivity contribution is 0.0939. The summed E-state index contributed by atoms with van der Waals surface area (Å²) < 4.78 is 5.13. The van der Waals surface area contributed by atoms with E-state index in [1.54, 1.807) is 13.2 Å². The van der Waals surface area contributed by atoms with Gasteiger partial charge in [0.05, 0.1) is 5.02 Å². The second kappa shape index (κ2) is 8.39. The van der Waals surface area contributed by atoms with Gasteiger partial charge in [0.15, 0.2) is 0 Å². The first-order valence-corrected chi connectivity index (χ1v) is 8.23. The Morgan fingerprint density at radius 1 is 1.32 bits per heavy atom. The molecular formula is C17H24ClNO3. The van der Waals surface area contributed by atoms with Crippen molar-refractivity contribution < 1.29 is 14.6 Å². The number of hydrogen-bond acceptors (Lipinski definition) is 3. The number of phenols is 1. The van der Waals surface area contributed by atoms with Crippen molar-refractivity contribution in [1.29, 1.82) is 0 Å². The average molecular weight is 326 g/mol. The van der Waals surface area contributed by atoms with E-state index in [0.717, 1.165) is 31.8 Å². The fourth-order valence-electron chi connectivity index (χ4n) is 3.00. The van der Waals surface area contributed by atoms with Gasteiger partial charge in [-0.3, -0.25) is 4.79 Å². The highest BCUT2D eigenvalue weighted by Crippen LogP contribution is 2.30. The highest BCUT2D eigenvalue weighted by molar-refractivity contribution is 6.32. The van der Waals surface area contributed by atoms with Crippen LogP contribution in [0, 0.1) is 11.8 Å². The van der Waals surface area contributed by atoms with E-state index in [9.17, 15) is 9.90 Å². The minimum Gasteiger partial charge on any atom is -0.506 e. The summed E-state index contributed by atoms with van der Waals surface area (Å²) in [5.41, 5.74) is 0.483. The Hall–Kier alpha value is -1.26. The molecule has 1 aliphatic rings. The molecule has 4 nitrogen and oxygen atoms in total. The molecule has 122 valence electrons. The summed E-state index contributed by atoms with van der Waals surface area (Å²) in [6.07, 6.45) is 5.89. The number of carbonyl (C=O) groups is 1. The van der Waals surface area contributed by atoms with Gasteiger partial charge in [-0.05, 0) is 49.3 Å². The average Bonchev–Trinajstić information content (AvgIpc) is 2.54. The standard InChI is InChI=1S/C17H24ClNO3/c1-22-9-8-12-2-4-13(5-3-12)11-19-17(21)14-6-7-16(20)15(18)10-14/h6-7,10,12-13,20H,2-5,8-9,11H2,1H3,(H,19,21). The van der Waals surface area contributed by atoms with Gasteiger partial charge in [0.1, 0.15) is 5.75 Å². The molecule has 0 atom stereocenters. The lowest BCUT2D eigenvalue weighted by Gasteiger charge is -2.28. The second-order valence-electron chi connectivity index (χ2n) is 6.04. The van der Waals surface area contributed by atoms with Crippen LogP contribution in [0.3, 0.4) is 0 Å². The number of ether oxygens (including phenoxy) is 1. The van der Waals surface area contributed by atoms with Crippen LogP contribution in [0.2, 0.25) is 5.02 Å². The maximum absolute atomic E-state index is 12.1. The van der Waals surface area contributed by atoms with Crippen LogP contribution in [0.1, 0.15) is 42.5 Å². The number of carbonyl (C=O) groups excluding carboxylic acids is 1. The topological polar surface area (TPSA) is 58.6 Å². The maximum atomic E-state index is 12.1. The number of hydrogen-bond donors (Lipinski definition) is 2. The summed E-state index contributed by atoms with van der Waals surface area (Å²) in [6, 6.07) is 4.52. The minimum absolute atomic E-state index is 0.00685. The predicted octanol–water partition coefficient (Wildman–Crippen LogP) is 3.62. The molecule has 0 unspecified atom stereocenters. The molecule has 1 aromatic rings. The largest absolute Gasteiger partial charge is 0.506 e. The summed E-state index contributed by atoms with van der Waals surface area (Å²) in [7, 11) is 1.75. The number of methoxy groups -OCH3 is 1. The van der Waals surface area contributed by atoms with E-state index in [1.165, 1.54) is 25.0 Å². The van der Waals surface area contributed by atoms with E-state index in [-0.39, 0.29) is 16.7 Å². The number of benzene rings is 1. The SMILES string of the molecule is COCCC1CCC(CNC(=O)c2ccc(O)c(Cl)c2)CC1. The predicted molar refractivity (Wildman–Crippen MR) is 87.4 cm³/mol. The van der Waals surface area contributed by atoms with Crippen molar-refractivity contribution in [3.63, 3.8) is 0 Å². The Bertz CT molecular complexity index is 499. The van der Waals surface area contributed by atoms with E-state index in [1.807, 2.05) is 0 Å². The molecule has 2 rings (SSSR count). The molecule has 1 aliphatic carbocycles. The molecule has 0 aliphatic heterocycles. The number of rotatable bonds is 6. The molecule has 1 fully saturated rings. The van der Waals surface area contributed by atoms with Crippen LogP contribution < -0.4 is 5.32 Å². The smallest absolute Gasteiger partial charge is 0.251 e. The molecule has 0 spiro atoms. The van der Waals surface area contributed by atoms with Crippen molar-refractivity contribution in [2.75, 3.05) is 20.3 Å². The van der Waals surface area contributed by atoms with Gasteiger partial charge < -0.3 is 15.2 Å². The maximum Gasteiger partial charge on any atom is 0.251 e. The van der Waals surface area contributed by atoms with Gasteiger partial charge in [-0.25, -0.2) is 0 Å². The number of amides is 1. The van der Waals surface area contributed by atoms with Crippen LogP contribution in [-0.4, -0.2) is 31.3 Å². The van der Waals surface area contributed by atoms with E-state index >= 15 is 0 Å². The van der Waals surface area contributed by atoms with Crippen LogP contribution in [0.25, 0.3) is 0 Å². The van der Waals surface area contributed by atoms with Crippen LogP contribution in [0.5, 0.6) is 5.75 Å². The van der Waals surface area contributed by atoms with Crippen LogP contribution in [0.4, 0.5) is 0 Å². The zero-order valence-corrected chi connectivity index (χ0v) is 13.7. The summed E-state index contributed by atoms with van der Waals surface area (Å²) in [5, 5.41) is 12.5. The van der Waals surface area contributed by atoms with Gasteiger partial charge in [0, 0.05) is 25.8 Å². The van der Waals surface area contributed by atoms with Crippen LogP contribution >= 0.6 is 11.6 Å². The van der Waals surface area contributed by atoms with Crippen molar-refractivity contribution in [3.8, 4) is 5.75 Å². The quantitative estimate of drug-likeness (QED) is 0.840. The number of nitrogens with one attached hydrogen (secondary N) is 1. The Labute approximate surface area is 136 Å². The van der Waals surface area contributed by atoms with E-state index < -0.39 is 0 Å². The fourth-order valence-corrected chi connectivity index (χ4v) is 3.18. The Kier molecular flexibility index (Phi) is 6.52. The van der Waals surface area contributed by atoms with Gasteiger partial charge >= 0.3 is 0 Å². The van der Waals surface area contributed by atoms with Crippen molar-refractivity contribution in [2.24, 2.45) is 11.8 Å². The Morgan fingerprint density at radius 2 is 2.00 bits per heavy atom. The molecular weight excluding hydrogens is 302 g/mol. The van der Waals surface area contributed by atoms with Crippen molar-refractivity contribution >= 4 is 17.5 Å². The zero-order valence-electron chi connectivity index (χ0n) is 13.0. The highest BCUT2D eigenvalue weighted by Gasteiger charge is 2.21. The zero-order chi connectivity index (χ0) is 15.9. The summed E-state index contributed by atoms with van der Waals surface area (Å²) >= 11 is 5.82. The van der Waals surface area contributed by atoms with Gasteiger partial charge in [-0.15, -0.1) is 0 Å². The third-order valence-electron chi connectivity index (χ3n) is 4.46. The fraction of sp³-hybridized carbons (Fsp3) is 0.588. The highest BCUT2D eigenvalue weighted by atomic mass is 35.5. The summed E-state index contributed by atoms with van der Waals surface area (Å²) in [4.78, 5) is 12.1. The lowest BCUT2D eigenvalue weighted by atomic mass is 9.80. The lowest BCUT2D eigenvalue weighted by Crippen LogP contribution is -2.31. The summed E-state index contributed by atoms with van der Waals surface area (Å²) in [5.74, 6) is 1.18. The van der Waals surface area contributed by atoms with Gasteiger partial charge in [0.2, 0.25) is 0 Å². The van der Waals surface area contributed by atoms with Gasteiger partial charge in [0.25, 0.3) is 5.91 Å². The number of phenolic OH excluding ortho intramolecular Hbond substituents is 1. The molecule has 2 N–H and O–H groups in total. The molecule has 1 aromatic carbocycles. The second-order valence-corrected chi connectivity index (χ2v) is 6.45. The molecule has 0 aromatic heterocycles. The van der Waals surface area contributed by atoms with Crippen LogP contribution in [0.15, 0.2) is 18.2 Å². The van der Waals surface area contributed by atoms with E-state index in [4.69, 9.17) is 16.3 Å². The van der Waals surface area contributed by atoms with Crippen LogP contribution in [-0.2, 0) is 4.74 Å². The van der Waals surface area contributed by atoms with Crippen molar-refractivity contribution in [3.05, 3.63) is 28.8 Å². The minimum atomic E-state index is -0.136. The molecule has 0 saturated heterocycles. The third kappa shape index (κ3) is 4.89. The van der Waals surface area contributed by atoms with Gasteiger partial charge in [-0.2, -0.15) is 0 Å². The number of aromatic hydroxyl groups is 1. The first kappa shape index (κ1) is 17.1. The molecule has 22 heavy (non-hydrogen) atoms. The Balaban J connectivity index is 1.74. The molecule has 0 heterocycles. The summed E-state index contributed by atoms with van der Waals surface area (Å²) in [6.45, 7) is 1.54. The monoisotopic (exact) mass is 325 g/mol. The molecule has 1 amide bonds. The molecule has 1 saturated carbocycles. The molecule has 5 heteroatoms. The first-order chi connectivity index (χ1) is 10.6. The van der Waals surface area contributed by atoms with Crippen molar-refractivity contribution in [1.82, 2.24) is 5.32 Å². The normalized spacial score (nSPS) is 21.5. The van der Waals surface area contributed by atoms with E-state index in [2.05, 4.69) is 5.32 Å². The first-order valence-electron chi connectivity index (χ1n) is 7.85. The molecule has 0 bridgehead atoms. The Morgan fingerprint density at radius 3 is 2.64 bits per heavy atom. The number of halogens is 1. The van der Waals surface area contributed by atoms with Crippen molar-refractivity contribution in [2.45, 2.75) is 32.1 Å². The van der Waals surface area contributed by atoms with E-state index in [0.29, 0.717) is 18.0 Å². The molecule has 0 radical (unpaired) electrons. The van der Waals surface area contributed by atoms with Gasteiger partial charge in [-0.1, -0.05) is 24.4 Å². The third-order valence-corrected chi connectivity index (χ3v) is 4.76.